The summed E-state index contributed by atoms with van der Waals surface area (Å²) in [4.78, 5) is 24.5. The van der Waals surface area contributed by atoms with Crippen molar-refractivity contribution >= 4 is 23.2 Å². The summed E-state index contributed by atoms with van der Waals surface area (Å²) in [5.41, 5.74) is 0.0932. The van der Waals surface area contributed by atoms with E-state index in [1.165, 1.54) is 18.2 Å². The average Bonchev–Trinajstić information content (AvgIpc) is 2.74. The fraction of sp³-hybridized carbons (Fsp3) is 0.500. The van der Waals surface area contributed by atoms with E-state index >= 15 is 0 Å². The SMILES string of the molecule is CN(C(=O)c1cc(Cl)cc([N+](=O)[O-])c1)C1CCCNCC1. The molecule has 0 radical (unpaired) electrons. The molecule has 1 unspecified atom stereocenters. The number of nitro benzene ring substituents is 1. The number of carbonyl (C=O) groups is 1. The van der Waals surface area contributed by atoms with Gasteiger partial charge in [0.15, 0.2) is 0 Å². The fourth-order valence-corrected chi connectivity index (χ4v) is 2.79. The molecule has 1 saturated heterocycles. The lowest BCUT2D eigenvalue weighted by atomic mass is 10.1. The number of nitrogens with zero attached hydrogens (tertiary/aromatic N) is 2. The highest BCUT2D eigenvalue weighted by molar-refractivity contribution is 6.31. The van der Waals surface area contributed by atoms with E-state index in [2.05, 4.69) is 5.32 Å². The highest BCUT2D eigenvalue weighted by Gasteiger charge is 2.23. The second-order valence-electron chi connectivity index (χ2n) is 5.21. The minimum absolute atomic E-state index is 0.144. The molecule has 1 amide bonds. The van der Waals surface area contributed by atoms with Gasteiger partial charge in [-0.3, -0.25) is 14.9 Å². The van der Waals surface area contributed by atoms with Crippen molar-refractivity contribution in [1.29, 1.82) is 0 Å². The molecule has 114 valence electrons. The molecule has 0 spiro atoms. The first-order valence-electron chi connectivity index (χ1n) is 6.92. The lowest BCUT2D eigenvalue weighted by Gasteiger charge is -2.27. The first kappa shape index (κ1) is 15.7. The number of non-ortho nitro benzene ring substituents is 1. The summed E-state index contributed by atoms with van der Waals surface area (Å²) in [5.74, 6) is -0.229. The van der Waals surface area contributed by atoms with Gasteiger partial charge in [0.1, 0.15) is 0 Å². The third kappa shape index (κ3) is 3.92. The number of amides is 1. The third-order valence-electron chi connectivity index (χ3n) is 3.75. The van der Waals surface area contributed by atoms with Crippen molar-refractivity contribution in [2.24, 2.45) is 0 Å². The van der Waals surface area contributed by atoms with Gasteiger partial charge in [-0.05, 0) is 38.4 Å². The molecular formula is C14H18ClN3O3. The lowest BCUT2D eigenvalue weighted by Crippen LogP contribution is -2.37. The number of benzene rings is 1. The molecule has 1 aliphatic heterocycles. The van der Waals surface area contributed by atoms with E-state index in [0.29, 0.717) is 0 Å². The van der Waals surface area contributed by atoms with Crippen LogP contribution in [0.5, 0.6) is 0 Å². The van der Waals surface area contributed by atoms with Crippen LogP contribution in [0.25, 0.3) is 0 Å². The maximum atomic E-state index is 12.5. The number of nitrogens with one attached hydrogen (secondary N) is 1. The summed E-state index contributed by atoms with van der Waals surface area (Å²) in [6, 6.07) is 4.14. The highest BCUT2D eigenvalue weighted by Crippen LogP contribution is 2.23. The Morgan fingerprint density at radius 3 is 2.86 bits per heavy atom. The van der Waals surface area contributed by atoms with E-state index in [4.69, 9.17) is 11.6 Å². The van der Waals surface area contributed by atoms with Crippen molar-refractivity contribution in [2.45, 2.75) is 25.3 Å². The lowest BCUT2D eigenvalue weighted by molar-refractivity contribution is -0.384. The second kappa shape index (κ2) is 6.87. The smallest absolute Gasteiger partial charge is 0.271 e. The Kier molecular flexibility index (Phi) is 5.14. The van der Waals surface area contributed by atoms with Gasteiger partial charge in [0.25, 0.3) is 11.6 Å². The van der Waals surface area contributed by atoms with Crippen molar-refractivity contribution in [3.8, 4) is 0 Å². The standard InChI is InChI=1S/C14H18ClN3O3/c1-17(12-3-2-5-16-6-4-12)14(19)10-7-11(15)9-13(8-10)18(20)21/h7-9,12,16H,2-6H2,1H3. The second-order valence-corrected chi connectivity index (χ2v) is 5.64. The molecule has 0 aromatic heterocycles. The predicted octanol–water partition coefficient (Wildman–Crippen LogP) is 2.46. The van der Waals surface area contributed by atoms with Crippen molar-refractivity contribution < 1.29 is 9.72 Å². The van der Waals surface area contributed by atoms with Gasteiger partial charge in [-0.1, -0.05) is 11.6 Å². The average molecular weight is 312 g/mol. The summed E-state index contributed by atoms with van der Waals surface area (Å²) >= 11 is 5.87. The maximum Gasteiger partial charge on any atom is 0.271 e. The van der Waals surface area contributed by atoms with E-state index in [1.807, 2.05) is 0 Å². The molecule has 1 aliphatic rings. The summed E-state index contributed by atoms with van der Waals surface area (Å²) in [6.45, 7) is 1.83. The Morgan fingerprint density at radius 2 is 2.14 bits per heavy atom. The van der Waals surface area contributed by atoms with Gasteiger partial charge in [0.05, 0.1) is 4.92 Å². The predicted molar refractivity (Wildman–Crippen MR) is 80.7 cm³/mol. The molecule has 1 atom stereocenters. The summed E-state index contributed by atoms with van der Waals surface area (Å²) < 4.78 is 0. The van der Waals surface area contributed by atoms with Gasteiger partial charge in [-0.25, -0.2) is 0 Å². The van der Waals surface area contributed by atoms with Crippen molar-refractivity contribution in [3.05, 3.63) is 38.9 Å². The number of hydrogen-bond acceptors (Lipinski definition) is 4. The van der Waals surface area contributed by atoms with Crippen LogP contribution >= 0.6 is 11.6 Å². The van der Waals surface area contributed by atoms with E-state index in [1.54, 1.807) is 11.9 Å². The van der Waals surface area contributed by atoms with E-state index in [9.17, 15) is 14.9 Å². The highest BCUT2D eigenvalue weighted by atomic mass is 35.5. The van der Waals surface area contributed by atoms with Gasteiger partial charge in [0.2, 0.25) is 0 Å². The van der Waals surface area contributed by atoms with Crippen molar-refractivity contribution in [1.82, 2.24) is 10.2 Å². The summed E-state index contributed by atoms with van der Waals surface area (Å²) in [5, 5.41) is 14.4. The third-order valence-corrected chi connectivity index (χ3v) is 3.97. The number of carbonyl (C=O) groups excluding carboxylic acids is 1. The van der Waals surface area contributed by atoms with Crippen molar-refractivity contribution in [2.75, 3.05) is 20.1 Å². The van der Waals surface area contributed by atoms with Gasteiger partial charge >= 0.3 is 0 Å². The van der Waals surface area contributed by atoms with Crippen LogP contribution in [0.1, 0.15) is 29.6 Å². The molecule has 0 bridgehead atoms. The molecule has 21 heavy (non-hydrogen) atoms. The zero-order valence-electron chi connectivity index (χ0n) is 11.8. The molecule has 1 N–H and O–H groups in total. The van der Waals surface area contributed by atoms with Gasteiger partial charge in [-0.2, -0.15) is 0 Å². The molecule has 1 heterocycles. The Labute approximate surface area is 128 Å². The number of hydrogen-bond donors (Lipinski definition) is 1. The number of halogens is 1. The molecule has 1 aromatic rings. The largest absolute Gasteiger partial charge is 0.339 e. The summed E-state index contributed by atoms with van der Waals surface area (Å²) in [6.07, 6.45) is 2.82. The first-order chi connectivity index (χ1) is 9.99. The van der Waals surface area contributed by atoms with Crippen LogP contribution in [-0.4, -0.2) is 41.9 Å². The van der Waals surface area contributed by atoms with Crippen LogP contribution < -0.4 is 5.32 Å². The van der Waals surface area contributed by atoms with E-state index in [-0.39, 0.29) is 28.2 Å². The molecular weight excluding hydrogens is 294 g/mol. The zero-order chi connectivity index (χ0) is 15.4. The van der Waals surface area contributed by atoms with Gasteiger partial charge in [-0.15, -0.1) is 0 Å². The van der Waals surface area contributed by atoms with Crippen LogP contribution in [0.4, 0.5) is 5.69 Å². The molecule has 0 saturated carbocycles. The van der Waals surface area contributed by atoms with Gasteiger partial charge in [0, 0.05) is 35.8 Å². The van der Waals surface area contributed by atoms with Crippen LogP contribution in [0.3, 0.4) is 0 Å². The number of rotatable bonds is 3. The maximum absolute atomic E-state index is 12.5. The Balaban J connectivity index is 2.20. The minimum Gasteiger partial charge on any atom is -0.339 e. The molecule has 1 fully saturated rings. The van der Waals surface area contributed by atoms with Crippen molar-refractivity contribution in [3.63, 3.8) is 0 Å². The van der Waals surface area contributed by atoms with Gasteiger partial charge < -0.3 is 10.2 Å². The van der Waals surface area contributed by atoms with E-state index in [0.717, 1.165) is 32.4 Å². The zero-order valence-corrected chi connectivity index (χ0v) is 12.6. The molecule has 1 aromatic carbocycles. The molecule has 7 heteroatoms. The van der Waals surface area contributed by atoms with E-state index < -0.39 is 4.92 Å². The first-order valence-corrected chi connectivity index (χ1v) is 7.29. The summed E-state index contributed by atoms with van der Waals surface area (Å²) in [7, 11) is 1.74. The van der Waals surface area contributed by atoms with Crippen LogP contribution in [0, 0.1) is 10.1 Å². The normalized spacial score (nSPS) is 18.9. The van der Waals surface area contributed by atoms with Crippen LogP contribution in [0.15, 0.2) is 18.2 Å². The van der Waals surface area contributed by atoms with Crippen LogP contribution in [0.2, 0.25) is 5.02 Å². The minimum atomic E-state index is -0.543. The molecule has 6 nitrogen and oxygen atoms in total. The molecule has 2 rings (SSSR count). The molecule has 0 aliphatic carbocycles. The monoisotopic (exact) mass is 311 g/mol. The quantitative estimate of drug-likeness (QED) is 0.687. The van der Waals surface area contributed by atoms with Crippen LogP contribution in [-0.2, 0) is 0 Å². The Bertz CT molecular complexity index is 542. The number of nitro groups is 1. The fourth-order valence-electron chi connectivity index (χ4n) is 2.56. The topological polar surface area (TPSA) is 75.5 Å². The Morgan fingerprint density at radius 1 is 1.38 bits per heavy atom. The Hall–Kier alpha value is -1.66.